The van der Waals surface area contributed by atoms with Gasteiger partial charge in [0.15, 0.2) is 0 Å². The molecule has 5 heteroatoms. The number of para-hydroxylation sites is 1. The SMILES string of the molecule is C=CCOC(=O)N1Cc2ccccc2NC(=O)C1C. The quantitative estimate of drug-likeness (QED) is 0.829. The fourth-order valence-corrected chi connectivity index (χ4v) is 1.92. The molecule has 1 N–H and O–H groups in total. The normalized spacial score (nSPS) is 18.1. The van der Waals surface area contributed by atoms with Gasteiger partial charge in [0, 0.05) is 5.69 Å². The molecule has 0 bridgehead atoms. The van der Waals surface area contributed by atoms with E-state index >= 15 is 0 Å². The topological polar surface area (TPSA) is 58.6 Å². The van der Waals surface area contributed by atoms with Crippen LogP contribution in [0.5, 0.6) is 0 Å². The van der Waals surface area contributed by atoms with Crippen LogP contribution in [0.4, 0.5) is 10.5 Å². The molecule has 0 aliphatic carbocycles. The number of anilines is 1. The lowest BCUT2D eigenvalue weighted by Crippen LogP contribution is -2.43. The molecule has 0 saturated heterocycles. The summed E-state index contributed by atoms with van der Waals surface area (Å²) in [4.78, 5) is 25.3. The van der Waals surface area contributed by atoms with Crippen molar-refractivity contribution in [2.45, 2.75) is 19.5 Å². The molecule has 1 aromatic rings. The molecule has 1 aliphatic rings. The first-order valence-corrected chi connectivity index (χ1v) is 6.06. The molecule has 100 valence electrons. The Morgan fingerprint density at radius 2 is 2.32 bits per heavy atom. The molecular weight excluding hydrogens is 244 g/mol. The minimum absolute atomic E-state index is 0.130. The van der Waals surface area contributed by atoms with Gasteiger partial charge in [-0.2, -0.15) is 0 Å². The van der Waals surface area contributed by atoms with Crippen molar-refractivity contribution in [3.05, 3.63) is 42.5 Å². The molecule has 2 rings (SSSR count). The number of nitrogens with one attached hydrogen (secondary N) is 1. The summed E-state index contributed by atoms with van der Waals surface area (Å²) in [5.41, 5.74) is 1.62. The van der Waals surface area contributed by atoms with Gasteiger partial charge < -0.3 is 10.1 Å². The van der Waals surface area contributed by atoms with E-state index in [1.54, 1.807) is 6.92 Å². The Hall–Kier alpha value is -2.30. The molecule has 0 spiro atoms. The van der Waals surface area contributed by atoms with Crippen molar-refractivity contribution in [2.75, 3.05) is 11.9 Å². The molecule has 1 unspecified atom stereocenters. The van der Waals surface area contributed by atoms with Gasteiger partial charge in [-0.15, -0.1) is 0 Å². The summed E-state index contributed by atoms with van der Waals surface area (Å²) in [6.45, 7) is 5.64. The van der Waals surface area contributed by atoms with Gasteiger partial charge in [0.1, 0.15) is 12.6 Å². The van der Waals surface area contributed by atoms with E-state index in [9.17, 15) is 9.59 Å². The molecule has 1 aliphatic heterocycles. The van der Waals surface area contributed by atoms with E-state index < -0.39 is 12.1 Å². The highest BCUT2D eigenvalue weighted by Crippen LogP contribution is 2.23. The second-order valence-corrected chi connectivity index (χ2v) is 4.32. The second kappa shape index (κ2) is 5.56. The second-order valence-electron chi connectivity index (χ2n) is 4.32. The molecule has 5 nitrogen and oxygen atoms in total. The summed E-state index contributed by atoms with van der Waals surface area (Å²) in [6.07, 6.45) is 0.980. The zero-order valence-corrected chi connectivity index (χ0v) is 10.8. The van der Waals surface area contributed by atoms with Crippen LogP contribution >= 0.6 is 0 Å². The minimum atomic E-state index is -0.579. The monoisotopic (exact) mass is 260 g/mol. The van der Waals surface area contributed by atoms with Crippen molar-refractivity contribution in [1.29, 1.82) is 0 Å². The van der Waals surface area contributed by atoms with E-state index in [0.29, 0.717) is 6.54 Å². The molecule has 1 atom stereocenters. The number of nitrogens with zero attached hydrogens (tertiary/aromatic N) is 1. The van der Waals surface area contributed by atoms with Crippen LogP contribution in [0.2, 0.25) is 0 Å². The highest BCUT2D eigenvalue weighted by atomic mass is 16.6. The molecule has 0 radical (unpaired) electrons. The Bertz CT molecular complexity index is 513. The number of ether oxygens (including phenoxy) is 1. The lowest BCUT2D eigenvalue weighted by atomic mass is 10.2. The van der Waals surface area contributed by atoms with E-state index in [1.165, 1.54) is 11.0 Å². The van der Waals surface area contributed by atoms with Crippen molar-refractivity contribution >= 4 is 17.7 Å². The lowest BCUT2D eigenvalue weighted by Gasteiger charge is -2.24. The van der Waals surface area contributed by atoms with E-state index in [0.717, 1.165) is 11.3 Å². The minimum Gasteiger partial charge on any atom is -0.445 e. The van der Waals surface area contributed by atoms with Gasteiger partial charge in [-0.05, 0) is 18.6 Å². The number of hydrogen-bond donors (Lipinski definition) is 1. The summed E-state index contributed by atoms with van der Waals surface area (Å²) < 4.78 is 5.01. The van der Waals surface area contributed by atoms with Crippen molar-refractivity contribution in [1.82, 2.24) is 4.90 Å². The zero-order chi connectivity index (χ0) is 13.8. The number of benzene rings is 1. The Kier molecular flexibility index (Phi) is 3.85. The van der Waals surface area contributed by atoms with Gasteiger partial charge in [-0.3, -0.25) is 9.69 Å². The lowest BCUT2D eigenvalue weighted by molar-refractivity contribution is -0.120. The summed E-state index contributed by atoms with van der Waals surface area (Å²) >= 11 is 0. The average Bonchev–Trinajstić information content (AvgIpc) is 2.54. The Morgan fingerprint density at radius 3 is 3.05 bits per heavy atom. The van der Waals surface area contributed by atoms with Crippen LogP contribution in [0.3, 0.4) is 0 Å². The first-order chi connectivity index (χ1) is 9.13. The van der Waals surface area contributed by atoms with Crippen molar-refractivity contribution in [3.8, 4) is 0 Å². The molecule has 2 amide bonds. The molecule has 19 heavy (non-hydrogen) atoms. The maximum atomic E-state index is 12.0. The van der Waals surface area contributed by atoms with E-state index in [2.05, 4.69) is 11.9 Å². The summed E-state index contributed by atoms with van der Waals surface area (Å²) in [7, 11) is 0. The Labute approximate surface area is 111 Å². The third-order valence-electron chi connectivity index (χ3n) is 3.02. The Morgan fingerprint density at radius 1 is 1.58 bits per heavy atom. The summed E-state index contributed by atoms with van der Waals surface area (Å²) in [6, 6.07) is 6.83. The number of amides is 2. The number of hydrogen-bond acceptors (Lipinski definition) is 3. The van der Waals surface area contributed by atoms with Crippen molar-refractivity contribution < 1.29 is 14.3 Å². The van der Waals surface area contributed by atoms with Crippen LogP contribution < -0.4 is 5.32 Å². The molecule has 0 aromatic heterocycles. The van der Waals surface area contributed by atoms with Crippen LogP contribution in [0.1, 0.15) is 12.5 Å². The highest BCUT2D eigenvalue weighted by molar-refractivity contribution is 5.97. The van der Waals surface area contributed by atoms with Crippen LogP contribution in [0.25, 0.3) is 0 Å². The highest BCUT2D eigenvalue weighted by Gasteiger charge is 2.30. The molecule has 1 heterocycles. The smallest absolute Gasteiger partial charge is 0.411 e. The van der Waals surface area contributed by atoms with E-state index in [-0.39, 0.29) is 12.5 Å². The third-order valence-corrected chi connectivity index (χ3v) is 3.02. The van der Waals surface area contributed by atoms with Gasteiger partial charge >= 0.3 is 6.09 Å². The van der Waals surface area contributed by atoms with Gasteiger partial charge in [-0.25, -0.2) is 4.79 Å². The molecule has 0 saturated carbocycles. The van der Waals surface area contributed by atoms with Gasteiger partial charge in [-0.1, -0.05) is 30.9 Å². The first-order valence-electron chi connectivity index (χ1n) is 6.06. The summed E-state index contributed by atoms with van der Waals surface area (Å²) in [5.74, 6) is -0.222. The molecular formula is C14H16N2O3. The molecule has 1 aromatic carbocycles. The fourth-order valence-electron chi connectivity index (χ4n) is 1.92. The standard InChI is InChI=1S/C14H16N2O3/c1-3-8-19-14(18)16-9-11-6-4-5-7-12(11)15-13(17)10(16)2/h3-7,10H,1,8-9H2,2H3,(H,15,17). The van der Waals surface area contributed by atoms with Crippen LogP contribution in [0, 0.1) is 0 Å². The first kappa shape index (κ1) is 13.1. The van der Waals surface area contributed by atoms with Crippen molar-refractivity contribution in [3.63, 3.8) is 0 Å². The van der Waals surface area contributed by atoms with Crippen LogP contribution in [-0.4, -0.2) is 29.5 Å². The maximum Gasteiger partial charge on any atom is 0.411 e. The van der Waals surface area contributed by atoms with Gasteiger partial charge in [0.2, 0.25) is 5.91 Å². The largest absolute Gasteiger partial charge is 0.445 e. The fraction of sp³-hybridized carbons (Fsp3) is 0.286. The number of carbonyl (C=O) groups excluding carboxylic acids is 2. The van der Waals surface area contributed by atoms with E-state index in [4.69, 9.17) is 4.74 Å². The predicted octanol–water partition coefficient (Wildman–Crippen LogP) is 2.15. The Balaban J connectivity index is 2.26. The third kappa shape index (κ3) is 2.76. The number of rotatable bonds is 2. The zero-order valence-electron chi connectivity index (χ0n) is 10.8. The van der Waals surface area contributed by atoms with Crippen LogP contribution in [-0.2, 0) is 16.1 Å². The van der Waals surface area contributed by atoms with Crippen molar-refractivity contribution in [2.24, 2.45) is 0 Å². The van der Waals surface area contributed by atoms with Gasteiger partial charge in [0.25, 0.3) is 0 Å². The predicted molar refractivity (Wildman–Crippen MR) is 71.6 cm³/mol. The molecule has 0 fully saturated rings. The summed E-state index contributed by atoms with van der Waals surface area (Å²) in [5, 5.41) is 2.80. The number of fused-ring (bicyclic) bond motifs is 1. The number of carbonyl (C=O) groups is 2. The van der Waals surface area contributed by atoms with E-state index in [1.807, 2.05) is 24.3 Å². The van der Waals surface area contributed by atoms with Gasteiger partial charge in [0.05, 0.1) is 6.54 Å². The average molecular weight is 260 g/mol. The van der Waals surface area contributed by atoms with Crippen LogP contribution in [0.15, 0.2) is 36.9 Å². The maximum absolute atomic E-state index is 12.0.